The number of nitriles is 1. The molecule has 23 heavy (non-hydrogen) atoms. The van der Waals surface area contributed by atoms with Gasteiger partial charge in [-0.05, 0) is 31.2 Å². The fourth-order valence-corrected chi connectivity index (χ4v) is 2.87. The Hall–Kier alpha value is -2.99. The van der Waals surface area contributed by atoms with Gasteiger partial charge in [0, 0.05) is 6.20 Å². The van der Waals surface area contributed by atoms with E-state index >= 15 is 0 Å². The van der Waals surface area contributed by atoms with Crippen molar-refractivity contribution < 1.29 is 23.1 Å². The molecule has 0 amide bonds. The van der Waals surface area contributed by atoms with Crippen LogP contribution in [0, 0.1) is 11.3 Å². The number of hydrogen-bond donors (Lipinski definition) is 3. The van der Waals surface area contributed by atoms with Gasteiger partial charge in [0.25, 0.3) is 10.0 Å². The summed E-state index contributed by atoms with van der Waals surface area (Å²) < 4.78 is 32.3. The molecule has 9 heteroatoms. The summed E-state index contributed by atoms with van der Waals surface area (Å²) in [6.45, 7) is 2.05. The number of ether oxygens (including phenoxy) is 1. The van der Waals surface area contributed by atoms with Crippen LogP contribution in [-0.2, 0) is 10.0 Å². The fourth-order valence-electron chi connectivity index (χ4n) is 1.82. The molecule has 3 N–H and O–H groups in total. The van der Waals surface area contributed by atoms with Crippen LogP contribution in [0.3, 0.4) is 0 Å². The Morgan fingerprint density at radius 3 is 2.74 bits per heavy atom. The van der Waals surface area contributed by atoms with Crippen molar-refractivity contribution in [2.75, 3.05) is 11.3 Å². The lowest BCUT2D eigenvalue weighted by molar-refractivity contribution is 0.0691. The van der Waals surface area contributed by atoms with E-state index in [0.717, 1.165) is 12.3 Å². The van der Waals surface area contributed by atoms with E-state index < -0.39 is 16.0 Å². The van der Waals surface area contributed by atoms with Crippen molar-refractivity contribution in [3.63, 3.8) is 0 Å². The van der Waals surface area contributed by atoms with Crippen LogP contribution in [0.5, 0.6) is 5.75 Å². The second-order valence-corrected chi connectivity index (χ2v) is 6.10. The average molecular weight is 335 g/mol. The lowest BCUT2D eigenvalue weighted by atomic mass is 10.2. The second-order valence-electron chi connectivity index (χ2n) is 4.42. The maximum Gasteiger partial charge on any atom is 0.352 e. The van der Waals surface area contributed by atoms with Crippen molar-refractivity contribution in [1.82, 2.24) is 4.98 Å². The number of carboxylic acid groups (broad SMARTS) is 1. The first-order chi connectivity index (χ1) is 10.9. The Kier molecular flexibility index (Phi) is 4.57. The number of aromatic amines is 1. The normalized spacial score (nSPS) is 10.8. The van der Waals surface area contributed by atoms with Crippen molar-refractivity contribution in [3.05, 3.63) is 41.7 Å². The zero-order valence-electron chi connectivity index (χ0n) is 12.0. The number of nitrogens with zero attached hydrogens (tertiary/aromatic N) is 1. The number of rotatable bonds is 6. The Morgan fingerprint density at radius 1 is 1.43 bits per heavy atom. The van der Waals surface area contributed by atoms with E-state index in [0.29, 0.717) is 6.61 Å². The van der Waals surface area contributed by atoms with E-state index in [-0.39, 0.29) is 27.6 Å². The molecule has 0 saturated carbocycles. The highest BCUT2D eigenvalue weighted by molar-refractivity contribution is 7.92. The smallest absolute Gasteiger partial charge is 0.352 e. The molecule has 8 nitrogen and oxygen atoms in total. The van der Waals surface area contributed by atoms with Crippen LogP contribution in [0.25, 0.3) is 0 Å². The summed E-state index contributed by atoms with van der Waals surface area (Å²) in [4.78, 5) is 12.9. The van der Waals surface area contributed by atoms with Gasteiger partial charge in [-0.2, -0.15) is 5.26 Å². The van der Waals surface area contributed by atoms with Crippen LogP contribution in [0.1, 0.15) is 23.0 Å². The molecule has 2 aromatic rings. The summed E-state index contributed by atoms with van der Waals surface area (Å²) in [5, 5.41) is 17.8. The van der Waals surface area contributed by atoms with Gasteiger partial charge < -0.3 is 14.8 Å². The molecule has 0 aliphatic heterocycles. The Bertz CT molecular complexity index is 880. The van der Waals surface area contributed by atoms with E-state index in [9.17, 15) is 13.2 Å². The first-order valence-electron chi connectivity index (χ1n) is 6.49. The lowest BCUT2D eigenvalue weighted by Crippen LogP contribution is -2.13. The molecule has 1 aromatic heterocycles. The maximum atomic E-state index is 12.3. The predicted octanol–water partition coefficient (Wildman–Crippen LogP) is 1.78. The van der Waals surface area contributed by atoms with Gasteiger partial charge in [0.15, 0.2) is 0 Å². The van der Waals surface area contributed by atoms with Crippen LogP contribution in [0.15, 0.2) is 35.4 Å². The number of nitrogens with one attached hydrogen (secondary N) is 2. The molecule has 1 heterocycles. The highest BCUT2D eigenvalue weighted by atomic mass is 32.2. The summed E-state index contributed by atoms with van der Waals surface area (Å²) in [6.07, 6.45) is 1.07. The Morgan fingerprint density at radius 2 is 2.17 bits per heavy atom. The molecule has 0 saturated heterocycles. The van der Waals surface area contributed by atoms with Crippen LogP contribution in [-0.4, -0.2) is 31.1 Å². The van der Waals surface area contributed by atoms with Crippen LogP contribution < -0.4 is 9.46 Å². The minimum atomic E-state index is -4.03. The van der Waals surface area contributed by atoms with Crippen molar-refractivity contribution >= 4 is 21.7 Å². The van der Waals surface area contributed by atoms with Crippen molar-refractivity contribution in [2.45, 2.75) is 11.8 Å². The van der Waals surface area contributed by atoms with Gasteiger partial charge in [0.2, 0.25) is 0 Å². The molecule has 0 bridgehead atoms. The van der Waals surface area contributed by atoms with Gasteiger partial charge in [-0.3, -0.25) is 4.72 Å². The summed E-state index contributed by atoms with van der Waals surface area (Å²) in [5.74, 6) is -1.00. The zero-order chi connectivity index (χ0) is 17.0. The number of anilines is 1. The predicted molar refractivity (Wildman–Crippen MR) is 80.9 cm³/mol. The molecular formula is C14H13N3O5S. The fraction of sp³-hybridized carbons (Fsp3) is 0.143. The highest BCUT2D eigenvalue weighted by Crippen LogP contribution is 2.28. The van der Waals surface area contributed by atoms with Gasteiger partial charge in [-0.25, -0.2) is 13.2 Å². The number of benzene rings is 1. The molecule has 0 aliphatic rings. The highest BCUT2D eigenvalue weighted by Gasteiger charge is 2.20. The number of aromatic nitrogens is 1. The number of hydrogen-bond acceptors (Lipinski definition) is 5. The standard InChI is InChI=1S/C14H13N3O5S/c1-2-22-13-4-3-9(7-15)5-11(13)17-23(20,21)10-6-12(14(18)19)16-8-10/h3-6,8,16-17H,2H2,1H3,(H,18,19). The van der Waals surface area contributed by atoms with Gasteiger partial charge in [-0.15, -0.1) is 0 Å². The largest absolute Gasteiger partial charge is 0.492 e. The molecule has 0 spiro atoms. The number of sulfonamides is 1. The molecule has 0 atom stereocenters. The SMILES string of the molecule is CCOc1ccc(C#N)cc1NS(=O)(=O)c1c[nH]c(C(=O)O)c1. The second kappa shape index (κ2) is 6.41. The number of aromatic carboxylic acids is 1. The monoisotopic (exact) mass is 335 g/mol. The Labute approximate surface area is 132 Å². The van der Waals surface area contributed by atoms with Crippen molar-refractivity contribution in [1.29, 1.82) is 5.26 Å². The van der Waals surface area contributed by atoms with E-state index in [1.807, 2.05) is 6.07 Å². The third-order valence-corrected chi connectivity index (χ3v) is 4.20. The number of H-pyrrole nitrogens is 1. The maximum absolute atomic E-state index is 12.3. The van der Waals surface area contributed by atoms with E-state index in [4.69, 9.17) is 15.1 Å². The van der Waals surface area contributed by atoms with Gasteiger partial charge in [-0.1, -0.05) is 0 Å². The molecular weight excluding hydrogens is 322 g/mol. The first-order valence-corrected chi connectivity index (χ1v) is 7.97. The molecule has 0 unspecified atom stereocenters. The van der Waals surface area contributed by atoms with E-state index in [2.05, 4.69) is 9.71 Å². The molecule has 120 valence electrons. The minimum Gasteiger partial charge on any atom is -0.492 e. The van der Waals surface area contributed by atoms with Crippen LogP contribution >= 0.6 is 0 Å². The summed E-state index contributed by atoms with van der Waals surface area (Å²) >= 11 is 0. The first kappa shape index (κ1) is 16.4. The minimum absolute atomic E-state index is 0.101. The third kappa shape index (κ3) is 3.61. The van der Waals surface area contributed by atoms with Crippen molar-refractivity contribution in [3.8, 4) is 11.8 Å². The summed E-state index contributed by atoms with van der Waals surface area (Å²) in [5.41, 5.74) is 0.108. The molecule has 1 aromatic carbocycles. The molecule has 2 rings (SSSR count). The quantitative estimate of drug-likeness (QED) is 0.737. The average Bonchev–Trinajstić information content (AvgIpc) is 3.00. The molecule has 0 aliphatic carbocycles. The number of carboxylic acids is 1. The van der Waals surface area contributed by atoms with Crippen LogP contribution in [0.2, 0.25) is 0 Å². The molecule has 0 radical (unpaired) electrons. The van der Waals surface area contributed by atoms with Gasteiger partial charge >= 0.3 is 5.97 Å². The topological polar surface area (TPSA) is 132 Å². The zero-order valence-corrected chi connectivity index (χ0v) is 12.8. The van der Waals surface area contributed by atoms with Crippen LogP contribution in [0.4, 0.5) is 5.69 Å². The molecule has 0 fully saturated rings. The van der Waals surface area contributed by atoms with Gasteiger partial charge in [0.05, 0.1) is 23.9 Å². The van der Waals surface area contributed by atoms with E-state index in [1.165, 1.54) is 18.2 Å². The van der Waals surface area contributed by atoms with Crippen molar-refractivity contribution in [2.24, 2.45) is 0 Å². The third-order valence-electron chi connectivity index (χ3n) is 2.85. The summed E-state index contributed by atoms with van der Waals surface area (Å²) in [7, 11) is -4.03. The Balaban J connectivity index is 2.39. The number of carbonyl (C=O) groups is 1. The summed E-state index contributed by atoms with van der Waals surface area (Å²) in [6, 6.07) is 7.23. The van der Waals surface area contributed by atoms with E-state index in [1.54, 1.807) is 6.92 Å². The lowest BCUT2D eigenvalue weighted by Gasteiger charge is -2.12. The van der Waals surface area contributed by atoms with Gasteiger partial charge in [0.1, 0.15) is 16.3 Å².